The van der Waals surface area contributed by atoms with Gasteiger partial charge >= 0.3 is 0 Å². The summed E-state index contributed by atoms with van der Waals surface area (Å²) in [5.41, 5.74) is 3.44. The highest BCUT2D eigenvalue weighted by molar-refractivity contribution is 7.14. The van der Waals surface area contributed by atoms with E-state index in [9.17, 15) is 4.79 Å². The lowest BCUT2D eigenvalue weighted by molar-refractivity contribution is 0.102. The highest BCUT2D eigenvalue weighted by atomic mass is 32.1. The molecule has 1 aromatic heterocycles. The molecule has 0 aliphatic carbocycles. The van der Waals surface area contributed by atoms with Crippen LogP contribution in [-0.4, -0.2) is 25.1 Å². The third-order valence-corrected chi connectivity index (χ3v) is 4.48. The molecule has 3 aromatic rings. The van der Waals surface area contributed by atoms with E-state index in [0.717, 1.165) is 11.3 Å². The number of nitrogens with zero attached hydrogens (tertiary/aromatic N) is 1. The molecule has 0 aliphatic rings. The van der Waals surface area contributed by atoms with E-state index in [0.29, 0.717) is 22.2 Å². The summed E-state index contributed by atoms with van der Waals surface area (Å²) < 4.78 is 10.4. The first-order valence-electron chi connectivity index (χ1n) is 7.66. The Bertz CT molecular complexity index is 888. The van der Waals surface area contributed by atoms with Crippen LogP contribution >= 0.6 is 11.3 Å². The Hall–Kier alpha value is -2.86. The fraction of sp³-hybridized carbons (Fsp3) is 0.158. The van der Waals surface area contributed by atoms with Gasteiger partial charge in [0.2, 0.25) is 0 Å². The number of hydrogen-bond acceptors (Lipinski definition) is 5. The van der Waals surface area contributed by atoms with Crippen molar-refractivity contribution >= 4 is 22.4 Å². The molecule has 128 valence electrons. The van der Waals surface area contributed by atoms with E-state index >= 15 is 0 Å². The molecule has 3 rings (SSSR count). The molecule has 5 nitrogen and oxygen atoms in total. The van der Waals surface area contributed by atoms with Crippen LogP contribution in [0.25, 0.3) is 11.3 Å². The van der Waals surface area contributed by atoms with Crippen molar-refractivity contribution in [3.05, 3.63) is 59.0 Å². The van der Waals surface area contributed by atoms with Gasteiger partial charge in [-0.1, -0.05) is 29.8 Å². The van der Waals surface area contributed by atoms with Gasteiger partial charge in [0.05, 0.1) is 25.5 Å². The number of aromatic nitrogens is 1. The molecule has 25 heavy (non-hydrogen) atoms. The summed E-state index contributed by atoms with van der Waals surface area (Å²) in [5.74, 6) is 0.777. The Morgan fingerprint density at radius 1 is 1.08 bits per heavy atom. The number of anilines is 1. The summed E-state index contributed by atoms with van der Waals surface area (Å²) in [6, 6.07) is 13.2. The van der Waals surface area contributed by atoms with Crippen molar-refractivity contribution in [2.24, 2.45) is 0 Å². The van der Waals surface area contributed by atoms with Crippen molar-refractivity contribution in [2.75, 3.05) is 19.5 Å². The second-order valence-electron chi connectivity index (χ2n) is 5.42. The van der Waals surface area contributed by atoms with Crippen LogP contribution in [0.4, 0.5) is 5.13 Å². The van der Waals surface area contributed by atoms with Crippen LogP contribution in [0.15, 0.2) is 47.8 Å². The van der Waals surface area contributed by atoms with E-state index in [4.69, 9.17) is 9.47 Å². The van der Waals surface area contributed by atoms with Gasteiger partial charge in [0.25, 0.3) is 5.91 Å². The molecule has 0 bridgehead atoms. The number of hydrogen-bond donors (Lipinski definition) is 1. The summed E-state index contributed by atoms with van der Waals surface area (Å²) in [5, 5.41) is 5.27. The fourth-order valence-corrected chi connectivity index (χ4v) is 3.06. The molecule has 0 radical (unpaired) electrons. The molecule has 0 unspecified atom stereocenters. The van der Waals surface area contributed by atoms with E-state index < -0.39 is 0 Å². The van der Waals surface area contributed by atoms with Crippen molar-refractivity contribution in [3.8, 4) is 22.8 Å². The zero-order valence-electron chi connectivity index (χ0n) is 14.2. The molecule has 0 saturated heterocycles. The highest BCUT2D eigenvalue weighted by Gasteiger charge is 2.15. The lowest BCUT2D eigenvalue weighted by atomic mass is 10.1. The van der Waals surface area contributed by atoms with Crippen LogP contribution in [-0.2, 0) is 0 Å². The van der Waals surface area contributed by atoms with Crippen LogP contribution in [0.1, 0.15) is 15.9 Å². The number of carbonyl (C=O) groups excluding carboxylic acids is 1. The maximum Gasteiger partial charge on any atom is 0.261 e. The second kappa shape index (κ2) is 7.36. The number of aryl methyl sites for hydroxylation is 1. The second-order valence-corrected chi connectivity index (χ2v) is 6.28. The van der Waals surface area contributed by atoms with Crippen LogP contribution in [0.5, 0.6) is 11.5 Å². The fourth-order valence-electron chi connectivity index (χ4n) is 2.34. The number of nitrogens with one attached hydrogen (secondary N) is 1. The number of rotatable bonds is 5. The Kier molecular flexibility index (Phi) is 5.00. The summed E-state index contributed by atoms with van der Waals surface area (Å²) in [6.07, 6.45) is 0. The van der Waals surface area contributed by atoms with Gasteiger partial charge < -0.3 is 9.47 Å². The maximum atomic E-state index is 12.6. The third-order valence-electron chi connectivity index (χ3n) is 3.72. The Balaban J connectivity index is 1.81. The van der Waals surface area contributed by atoms with Gasteiger partial charge in [-0.2, -0.15) is 0 Å². The molecular formula is C19H18N2O3S. The topological polar surface area (TPSA) is 60.5 Å². The standard InChI is InChI=1S/C19H18N2O3S/c1-12-4-6-13(7-5-12)16-11-25-19(20-16)21-18(22)15-10-14(23-2)8-9-17(15)24-3/h4-11H,1-3H3,(H,20,21,22). The van der Waals surface area contributed by atoms with Crippen molar-refractivity contribution in [1.29, 1.82) is 0 Å². The molecule has 0 fully saturated rings. The highest BCUT2D eigenvalue weighted by Crippen LogP contribution is 2.28. The minimum absolute atomic E-state index is 0.291. The minimum Gasteiger partial charge on any atom is -0.497 e. The first-order chi connectivity index (χ1) is 12.1. The molecule has 1 heterocycles. The van der Waals surface area contributed by atoms with E-state index in [1.807, 2.05) is 36.6 Å². The van der Waals surface area contributed by atoms with Crippen LogP contribution < -0.4 is 14.8 Å². The van der Waals surface area contributed by atoms with Gasteiger partial charge in [0.15, 0.2) is 5.13 Å². The summed E-state index contributed by atoms with van der Waals surface area (Å²) in [7, 11) is 3.08. The van der Waals surface area contributed by atoms with Crippen molar-refractivity contribution in [3.63, 3.8) is 0 Å². The van der Waals surface area contributed by atoms with Crippen LogP contribution in [0.2, 0.25) is 0 Å². The van der Waals surface area contributed by atoms with Crippen LogP contribution in [0.3, 0.4) is 0 Å². The SMILES string of the molecule is COc1ccc(OC)c(C(=O)Nc2nc(-c3ccc(C)cc3)cs2)c1. The van der Waals surface area contributed by atoms with Gasteiger partial charge in [-0.3, -0.25) is 10.1 Å². The largest absolute Gasteiger partial charge is 0.497 e. The number of ether oxygens (including phenoxy) is 2. The summed E-state index contributed by atoms with van der Waals surface area (Å²) >= 11 is 1.38. The Labute approximate surface area is 150 Å². The van der Waals surface area contributed by atoms with Crippen molar-refractivity contribution < 1.29 is 14.3 Å². The summed E-state index contributed by atoms with van der Waals surface area (Å²) in [4.78, 5) is 17.1. The van der Waals surface area contributed by atoms with E-state index in [2.05, 4.69) is 10.3 Å². The number of methoxy groups -OCH3 is 2. The zero-order chi connectivity index (χ0) is 17.8. The minimum atomic E-state index is -0.291. The Morgan fingerprint density at radius 3 is 2.52 bits per heavy atom. The quantitative estimate of drug-likeness (QED) is 0.738. The molecule has 0 atom stereocenters. The average Bonchev–Trinajstić information content (AvgIpc) is 3.10. The number of thiazole rings is 1. The normalized spacial score (nSPS) is 10.4. The van der Waals surface area contributed by atoms with Gasteiger partial charge in [-0.25, -0.2) is 4.98 Å². The Morgan fingerprint density at radius 2 is 1.84 bits per heavy atom. The zero-order valence-corrected chi connectivity index (χ0v) is 15.0. The van der Waals surface area contributed by atoms with Gasteiger partial charge in [-0.05, 0) is 25.1 Å². The monoisotopic (exact) mass is 354 g/mol. The lowest BCUT2D eigenvalue weighted by Gasteiger charge is -2.09. The average molecular weight is 354 g/mol. The van der Waals surface area contributed by atoms with E-state index in [1.165, 1.54) is 24.0 Å². The summed E-state index contributed by atoms with van der Waals surface area (Å²) in [6.45, 7) is 2.04. The third kappa shape index (κ3) is 3.80. The first-order valence-corrected chi connectivity index (χ1v) is 8.54. The van der Waals surface area contributed by atoms with E-state index in [-0.39, 0.29) is 5.91 Å². The molecule has 1 N–H and O–H groups in total. The molecule has 0 saturated carbocycles. The molecule has 0 spiro atoms. The van der Waals surface area contributed by atoms with Gasteiger partial charge in [0.1, 0.15) is 11.5 Å². The van der Waals surface area contributed by atoms with Gasteiger partial charge in [0, 0.05) is 10.9 Å². The maximum absolute atomic E-state index is 12.6. The van der Waals surface area contributed by atoms with E-state index in [1.54, 1.807) is 25.3 Å². The lowest BCUT2D eigenvalue weighted by Crippen LogP contribution is -2.13. The number of amides is 1. The van der Waals surface area contributed by atoms with Crippen molar-refractivity contribution in [1.82, 2.24) is 4.98 Å². The molecule has 1 amide bonds. The molecule has 0 aliphatic heterocycles. The molecular weight excluding hydrogens is 336 g/mol. The number of benzene rings is 2. The predicted octanol–water partition coefficient (Wildman–Crippen LogP) is 4.39. The molecule has 2 aromatic carbocycles. The smallest absolute Gasteiger partial charge is 0.261 e. The van der Waals surface area contributed by atoms with Crippen LogP contribution in [0, 0.1) is 6.92 Å². The van der Waals surface area contributed by atoms with Crippen molar-refractivity contribution in [2.45, 2.75) is 6.92 Å². The molecule has 6 heteroatoms. The predicted molar refractivity (Wildman–Crippen MR) is 99.8 cm³/mol. The first kappa shape index (κ1) is 17.0. The number of carbonyl (C=O) groups is 1. The van der Waals surface area contributed by atoms with Gasteiger partial charge in [-0.15, -0.1) is 11.3 Å².